The van der Waals surface area contributed by atoms with Gasteiger partial charge < -0.3 is 4.90 Å². The van der Waals surface area contributed by atoms with E-state index in [1.54, 1.807) is 0 Å². The lowest BCUT2D eigenvalue weighted by Gasteiger charge is -2.37. The predicted octanol–water partition coefficient (Wildman–Crippen LogP) is 3.74. The van der Waals surface area contributed by atoms with Gasteiger partial charge in [0, 0.05) is 24.6 Å². The zero-order chi connectivity index (χ0) is 12.7. The molecule has 1 saturated heterocycles. The normalized spacial score (nSPS) is 28.5. The third-order valence-corrected chi connectivity index (χ3v) is 4.48. The van der Waals surface area contributed by atoms with Crippen molar-refractivity contribution in [1.82, 2.24) is 9.97 Å². The molecule has 0 N–H and O–H groups in total. The van der Waals surface area contributed by atoms with E-state index in [4.69, 9.17) is 4.98 Å². The maximum atomic E-state index is 4.78. The predicted molar refractivity (Wildman–Crippen MR) is 76.9 cm³/mol. The lowest BCUT2D eigenvalue weighted by molar-refractivity contribution is 0.375. The Bertz CT molecular complexity index is 445. The summed E-state index contributed by atoms with van der Waals surface area (Å²) >= 11 is 3.53. The molecule has 1 aliphatic carbocycles. The molecule has 1 aromatic rings. The van der Waals surface area contributed by atoms with E-state index in [0.29, 0.717) is 12.0 Å². The molecule has 4 heteroatoms. The van der Waals surface area contributed by atoms with Crippen LogP contribution in [0, 0.1) is 5.92 Å². The number of rotatable bonds is 2. The fraction of sp³-hybridized carbons (Fsp3) is 0.714. The third-order valence-electron chi connectivity index (χ3n) is 4.07. The second-order valence-corrected chi connectivity index (χ2v) is 6.67. The van der Waals surface area contributed by atoms with Crippen molar-refractivity contribution in [1.29, 1.82) is 0 Å². The number of hydrogen-bond acceptors (Lipinski definition) is 3. The summed E-state index contributed by atoms with van der Waals surface area (Å²) in [7, 11) is 0. The maximum Gasteiger partial charge on any atom is 0.135 e. The fourth-order valence-electron chi connectivity index (χ4n) is 2.84. The van der Waals surface area contributed by atoms with E-state index in [-0.39, 0.29) is 0 Å². The Morgan fingerprint density at radius 3 is 2.67 bits per heavy atom. The minimum Gasteiger partial charge on any atom is -0.354 e. The van der Waals surface area contributed by atoms with Crippen LogP contribution < -0.4 is 4.90 Å². The molecule has 0 amide bonds. The van der Waals surface area contributed by atoms with Crippen molar-refractivity contribution in [2.24, 2.45) is 5.92 Å². The average molecular weight is 310 g/mol. The first-order chi connectivity index (χ1) is 8.63. The molecule has 3 rings (SSSR count). The van der Waals surface area contributed by atoms with Crippen molar-refractivity contribution in [3.05, 3.63) is 16.5 Å². The van der Waals surface area contributed by atoms with E-state index in [0.717, 1.165) is 28.7 Å². The number of hydrogen-bond donors (Lipinski definition) is 0. The van der Waals surface area contributed by atoms with Gasteiger partial charge in [-0.05, 0) is 54.5 Å². The van der Waals surface area contributed by atoms with Gasteiger partial charge in [0.1, 0.15) is 16.2 Å². The van der Waals surface area contributed by atoms with Gasteiger partial charge >= 0.3 is 0 Å². The van der Waals surface area contributed by atoms with Crippen molar-refractivity contribution in [3.8, 4) is 0 Å². The summed E-state index contributed by atoms with van der Waals surface area (Å²) < 4.78 is 0.931. The SMILES string of the molecule is CC1CCN(c2cc(Br)nc(C3CC3)n2)C(C)C1. The van der Waals surface area contributed by atoms with Crippen LogP contribution in [0.5, 0.6) is 0 Å². The van der Waals surface area contributed by atoms with Crippen molar-refractivity contribution in [2.75, 3.05) is 11.4 Å². The van der Waals surface area contributed by atoms with Crippen LogP contribution in [0.25, 0.3) is 0 Å². The van der Waals surface area contributed by atoms with Gasteiger partial charge in [-0.15, -0.1) is 0 Å². The van der Waals surface area contributed by atoms with Crippen LogP contribution in [-0.4, -0.2) is 22.6 Å². The first-order valence-corrected chi connectivity index (χ1v) is 7.74. The third kappa shape index (κ3) is 2.53. The molecular weight excluding hydrogens is 290 g/mol. The molecule has 0 bridgehead atoms. The summed E-state index contributed by atoms with van der Waals surface area (Å²) in [6.45, 7) is 5.78. The molecule has 18 heavy (non-hydrogen) atoms. The van der Waals surface area contributed by atoms with Crippen molar-refractivity contribution in [2.45, 2.75) is 51.5 Å². The van der Waals surface area contributed by atoms with E-state index < -0.39 is 0 Å². The topological polar surface area (TPSA) is 29.0 Å². The molecule has 98 valence electrons. The maximum absolute atomic E-state index is 4.78. The number of piperidine rings is 1. The second kappa shape index (κ2) is 4.80. The van der Waals surface area contributed by atoms with Crippen LogP contribution >= 0.6 is 15.9 Å². The van der Waals surface area contributed by atoms with Crippen LogP contribution in [0.3, 0.4) is 0 Å². The van der Waals surface area contributed by atoms with Crippen molar-refractivity contribution in [3.63, 3.8) is 0 Å². The second-order valence-electron chi connectivity index (χ2n) is 5.85. The van der Waals surface area contributed by atoms with Gasteiger partial charge in [0.15, 0.2) is 0 Å². The standard InChI is InChI=1S/C14H20BrN3/c1-9-5-6-18(10(2)7-9)13-8-12(15)16-14(17-13)11-3-4-11/h8-11H,3-7H2,1-2H3. The molecular formula is C14H20BrN3. The number of halogens is 1. The molecule has 2 unspecified atom stereocenters. The minimum absolute atomic E-state index is 0.586. The average Bonchev–Trinajstić information content (AvgIpc) is 3.11. The Morgan fingerprint density at radius 1 is 1.22 bits per heavy atom. The Kier molecular flexibility index (Phi) is 3.31. The van der Waals surface area contributed by atoms with Crippen LogP contribution in [-0.2, 0) is 0 Å². The van der Waals surface area contributed by atoms with E-state index in [9.17, 15) is 0 Å². The summed E-state index contributed by atoms with van der Waals surface area (Å²) in [5.41, 5.74) is 0. The van der Waals surface area contributed by atoms with Gasteiger partial charge in [0.05, 0.1) is 0 Å². The molecule has 2 fully saturated rings. The number of aromatic nitrogens is 2. The highest BCUT2D eigenvalue weighted by Crippen LogP contribution is 2.39. The largest absolute Gasteiger partial charge is 0.354 e. The monoisotopic (exact) mass is 309 g/mol. The summed E-state index contributed by atoms with van der Waals surface area (Å²) in [5, 5.41) is 0. The lowest BCUT2D eigenvalue weighted by Crippen LogP contribution is -2.40. The molecule has 0 spiro atoms. The van der Waals surface area contributed by atoms with E-state index in [2.05, 4.69) is 45.7 Å². The van der Waals surface area contributed by atoms with Crippen LogP contribution in [0.15, 0.2) is 10.7 Å². The summed E-state index contributed by atoms with van der Waals surface area (Å²) in [6, 6.07) is 2.65. The summed E-state index contributed by atoms with van der Waals surface area (Å²) in [4.78, 5) is 11.7. The molecule has 2 aliphatic rings. The Morgan fingerprint density at radius 2 is 2.00 bits per heavy atom. The molecule has 1 saturated carbocycles. The zero-order valence-electron chi connectivity index (χ0n) is 11.1. The quantitative estimate of drug-likeness (QED) is 0.779. The van der Waals surface area contributed by atoms with Crippen molar-refractivity contribution >= 4 is 21.7 Å². The molecule has 1 aliphatic heterocycles. The van der Waals surface area contributed by atoms with Gasteiger partial charge in [-0.25, -0.2) is 9.97 Å². The van der Waals surface area contributed by atoms with E-state index in [1.165, 1.54) is 25.7 Å². The van der Waals surface area contributed by atoms with E-state index >= 15 is 0 Å². The Hall–Kier alpha value is -0.640. The van der Waals surface area contributed by atoms with Gasteiger partial charge in [0.25, 0.3) is 0 Å². The molecule has 3 nitrogen and oxygen atoms in total. The molecule has 2 atom stereocenters. The summed E-state index contributed by atoms with van der Waals surface area (Å²) in [5.74, 6) is 3.59. The molecule has 1 aromatic heterocycles. The minimum atomic E-state index is 0.586. The van der Waals surface area contributed by atoms with Gasteiger partial charge in [-0.2, -0.15) is 0 Å². The highest BCUT2D eigenvalue weighted by molar-refractivity contribution is 9.10. The number of anilines is 1. The lowest BCUT2D eigenvalue weighted by atomic mass is 9.93. The summed E-state index contributed by atoms with van der Waals surface area (Å²) in [6.07, 6.45) is 5.04. The van der Waals surface area contributed by atoms with Gasteiger partial charge in [-0.3, -0.25) is 0 Å². The fourth-order valence-corrected chi connectivity index (χ4v) is 3.23. The van der Waals surface area contributed by atoms with Crippen molar-refractivity contribution < 1.29 is 0 Å². The van der Waals surface area contributed by atoms with Crippen LogP contribution in [0.2, 0.25) is 0 Å². The first kappa shape index (κ1) is 12.4. The molecule has 2 heterocycles. The first-order valence-electron chi connectivity index (χ1n) is 6.94. The molecule has 0 radical (unpaired) electrons. The molecule has 0 aromatic carbocycles. The Balaban J connectivity index is 1.86. The van der Waals surface area contributed by atoms with Gasteiger partial charge in [-0.1, -0.05) is 6.92 Å². The highest BCUT2D eigenvalue weighted by Gasteiger charge is 2.29. The van der Waals surface area contributed by atoms with Crippen LogP contribution in [0.1, 0.15) is 51.3 Å². The zero-order valence-corrected chi connectivity index (χ0v) is 12.7. The van der Waals surface area contributed by atoms with Crippen LogP contribution in [0.4, 0.5) is 5.82 Å². The highest BCUT2D eigenvalue weighted by atomic mass is 79.9. The van der Waals surface area contributed by atoms with E-state index in [1.807, 2.05) is 0 Å². The van der Waals surface area contributed by atoms with Gasteiger partial charge in [0.2, 0.25) is 0 Å². The smallest absolute Gasteiger partial charge is 0.135 e. The Labute approximate surface area is 117 Å². The number of nitrogens with zero attached hydrogens (tertiary/aromatic N) is 3.